The molecule has 5 nitrogen and oxygen atoms in total. The summed E-state index contributed by atoms with van der Waals surface area (Å²) in [5.74, 6) is -0.556. The van der Waals surface area contributed by atoms with Crippen LogP contribution in [-0.2, 0) is 11.3 Å². The van der Waals surface area contributed by atoms with E-state index < -0.39 is 11.7 Å². The van der Waals surface area contributed by atoms with Crippen LogP contribution in [0.4, 0.5) is 0 Å². The van der Waals surface area contributed by atoms with Crippen molar-refractivity contribution in [1.29, 1.82) is 0 Å². The lowest BCUT2D eigenvalue weighted by molar-refractivity contribution is -0.114. The molecule has 1 aromatic heterocycles. The summed E-state index contributed by atoms with van der Waals surface area (Å²) >= 11 is 0. The summed E-state index contributed by atoms with van der Waals surface area (Å²) in [6.07, 6.45) is 0.869. The first-order valence-electron chi connectivity index (χ1n) is 9.96. The fraction of sp³-hybridized carbons (Fsp3) is 0.333. The van der Waals surface area contributed by atoms with Crippen molar-refractivity contribution in [2.75, 3.05) is 0 Å². The van der Waals surface area contributed by atoms with Crippen LogP contribution in [0.15, 0.2) is 48.5 Å². The van der Waals surface area contributed by atoms with Gasteiger partial charge in [-0.2, -0.15) is 0 Å². The SMILES string of the molecule is Cc1c(C(=O)C(N)=O)c2c(OC(C)CC(C)C)cccc2n1Cc1ccccc1. The fourth-order valence-corrected chi connectivity index (χ4v) is 3.89. The molecular weight excluding hydrogens is 364 g/mol. The Morgan fingerprint density at radius 2 is 1.72 bits per heavy atom. The number of Topliss-reactive ketones (excluding diaryl/α,β-unsaturated/α-hetero) is 1. The molecule has 0 aliphatic heterocycles. The molecule has 0 spiro atoms. The van der Waals surface area contributed by atoms with Crippen LogP contribution in [0, 0.1) is 12.8 Å². The van der Waals surface area contributed by atoms with Gasteiger partial charge in [-0.1, -0.05) is 50.2 Å². The average Bonchev–Trinajstić information content (AvgIpc) is 2.94. The van der Waals surface area contributed by atoms with Gasteiger partial charge in [0.1, 0.15) is 5.75 Å². The smallest absolute Gasteiger partial charge is 0.289 e. The van der Waals surface area contributed by atoms with Crippen LogP contribution in [0.2, 0.25) is 0 Å². The molecule has 3 aromatic rings. The van der Waals surface area contributed by atoms with Crippen LogP contribution in [0.3, 0.4) is 0 Å². The monoisotopic (exact) mass is 392 g/mol. The van der Waals surface area contributed by atoms with Crippen LogP contribution in [0.5, 0.6) is 5.75 Å². The quantitative estimate of drug-likeness (QED) is 0.454. The van der Waals surface area contributed by atoms with E-state index in [1.165, 1.54) is 0 Å². The first-order chi connectivity index (χ1) is 13.8. The molecule has 5 heteroatoms. The molecule has 1 atom stereocenters. The van der Waals surface area contributed by atoms with Gasteiger partial charge in [0, 0.05) is 12.2 Å². The largest absolute Gasteiger partial charge is 0.490 e. The van der Waals surface area contributed by atoms with Gasteiger partial charge in [0.25, 0.3) is 11.7 Å². The number of carbonyl (C=O) groups excluding carboxylic acids is 2. The number of nitrogens with two attached hydrogens (primary N) is 1. The summed E-state index contributed by atoms with van der Waals surface area (Å²) in [7, 11) is 0. The number of primary amides is 1. The number of nitrogens with zero attached hydrogens (tertiary/aromatic N) is 1. The van der Waals surface area contributed by atoms with Gasteiger partial charge in [-0.05, 0) is 43.9 Å². The number of benzene rings is 2. The van der Waals surface area contributed by atoms with Gasteiger partial charge in [0.2, 0.25) is 0 Å². The molecule has 0 radical (unpaired) electrons. The van der Waals surface area contributed by atoms with Crippen LogP contribution >= 0.6 is 0 Å². The topological polar surface area (TPSA) is 74.3 Å². The van der Waals surface area contributed by atoms with Gasteiger partial charge in [0.05, 0.1) is 22.6 Å². The highest BCUT2D eigenvalue weighted by Crippen LogP contribution is 2.35. The van der Waals surface area contributed by atoms with E-state index in [4.69, 9.17) is 10.5 Å². The predicted molar refractivity (Wildman–Crippen MR) is 115 cm³/mol. The second-order valence-electron chi connectivity index (χ2n) is 7.93. The normalized spacial score (nSPS) is 12.3. The number of amides is 1. The molecule has 0 saturated heterocycles. The van der Waals surface area contributed by atoms with Gasteiger partial charge in [0.15, 0.2) is 0 Å². The van der Waals surface area contributed by atoms with E-state index in [2.05, 4.69) is 13.8 Å². The number of rotatable bonds is 8. The third-order valence-electron chi connectivity index (χ3n) is 5.08. The number of ether oxygens (including phenoxy) is 1. The Hall–Kier alpha value is -3.08. The highest BCUT2D eigenvalue weighted by molar-refractivity contribution is 6.45. The van der Waals surface area contributed by atoms with Gasteiger partial charge in [-0.3, -0.25) is 9.59 Å². The number of fused-ring (bicyclic) bond motifs is 1. The Morgan fingerprint density at radius 1 is 1.03 bits per heavy atom. The zero-order valence-corrected chi connectivity index (χ0v) is 17.4. The van der Waals surface area contributed by atoms with Crippen LogP contribution in [0.1, 0.15) is 48.8 Å². The maximum Gasteiger partial charge on any atom is 0.289 e. The standard InChI is InChI=1S/C24H28N2O3/c1-15(2)13-16(3)29-20-12-8-11-19-22(20)21(23(27)24(25)28)17(4)26(19)14-18-9-6-5-7-10-18/h5-12,15-16H,13-14H2,1-4H3,(H2,25,28). The summed E-state index contributed by atoms with van der Waals surface area (Å²) in [5, 5.41) is 0.653. The Balaban J connectivity index is 2.17. The van der Waals surface area contributed by atoms with Gasteiger partial charge < -0.3 is 15.0 Å². The third-order valence-corrected chi connectivity index (χ3v) is 5.08. The molecule has 2 aromatic carbocycles. The molecule has 152 valence electrons. The number of hydrogen-bond acceptors (Lipinski definition) is 3. The minimum Gasteiger partial charge on any atom is -0.490 e. The molecule has 0 saturated carbocycles. The van der Waals surface area contributed by atoms with E-state index in [9.17, 15) is 9.59 Å². The summed E-state index contributed by atoms with van der Waals surface area (Å²) in [6.45, 7) is 8.73. The van der Waals surface area contributed by atoms with E-state index >= 15 is 0 Å². The lowest BCUT2D eigenvalue weighted by atomic mass is 10.0. The molecule has 1 amide bonds. The number of hydrogen-bond donors (Lipinski definition) is 1. The van der Waals surface area contributed by atoms with E-state index in [0.717, 1.165) is 17.5 Å². The maximum absolute atomic E-state index is 12.7. The molecule has 0 aliphatic carbocycles. The van der Waals surface area contributed by atoms with Gasteiger partial charge >= 0.3 is 0 Å². The van der Waals surface area contributed by atoms with Crippen molar-refractivity contribution in [3.8, 4) is 5.75 Å². The van der Waals surface area contributed by atoms with Crippen molar-refractivity contribution < 1.29 is 14.3 Å². The van der Waals surface area contributed by atoms with Crippen molar-refractivity contribution in [2.45, 2.75) is 46.8 Å². The first-order valence-corrected chi connectivity index (χ1v) is 9.96. The number of ketones is 1. The van der Waals surface area contributed by atoms with Gasteiger partial charge in [-0.25, -0.2) is 0 Å². The van der Waals surface area contributed by atoms with E-state index in [-0.39, 0.29) is 6.10 Å². The maximum atomic E-state index is 12.7. The van der Waals surface area contributed by atoms with E-state index in [1.807, 2.05) is 66.9 Å². The molecule has 3 rings (SSSR count). The lowest BCUT2D eigenvalue weighted by Crippen LogP contribution is -2.24. The summed E-state index contributed by atoms with van der Waals surface area (Å²) in [5.41, 5.74) is 8.36. The van der Waals surface area contributed by atoms with Crippen LogP contribution in [-0.4, -0.2) is 22.4 Å². The van der Waals surface area contributed by atoms with Crippen LogP contribution in [0.25, 0.3) is 10.9 Å². The summed E-state index contributed by atoms with van der Waals surface area (Å²) in [4.78, 5) is 24.5. The van der Waals surface area contributed by atoms with Crippen molar-refractivity contribution >= 4 is 22.6 Å². The molecule has 0 aliphatic rings. The zero-order chi connectivity index (χ0) is 21.1. The second kappa shape index (κ2) is 8.52. The minimum absolute atomic E-state index is 0.0186. The highest BCUT2D eigenvalue weighted by atomic mass is 16.5. The molecular formula is C24H28N2O3. The molecule has 1 unspecified atom stereocenters. The van der Waals surface area contributed by atoms with Crippen molar-refractivity contribution in [1.82, 2.24) is 4.57 Å². The van der Waals surface area contributed by atoms with Crippen molar-refractivity contribution in [3.05, 3.63) is 65.4 Å². The van der Waals surface area contributed by atoms with Crippen molar-refractivity contribution in [3.63, 3.8) is 0 Å². The average molecular weight is 392 g/mol. The Kier molecular flexibility index (Phi) is 6.06. The first kappa shape index (κ1) is 20.6. The fourth-order valence-electron chi connectivity index (χ4n) is 3.89. The van der Waals surface area contributed by atoms with E-state index in [0.29, 0.717) is 34.9 Å². The van der Waals surface area contributed by atoms with Crippen molar-refractivity contribution in [2.24, 2.45) is 11.7 Å². The van der Waals surface area contributed by atoms with Crippen LogP contribution < -0.4 is 10.5 Å². The Morgan fingerprint density at radius 3 is 2.34 bits per heavy atom. The van der Waals surface area contributed by atoms with E-state index in [1.54, 1.807) is 0 Å². The number of carbonyl (C=O) groups is 2. The minimum atomic E-state index is -0.961. The number of aromatic nitrogens is 1. The molecule has 29 heavy (non-hydrogen) atoms. The second-order valence-corrected chi connectivity index (χ2v) is 7.93. The molecule has 0 bridgehead atoms. The zero-order valence-electron chi connectivity index (χ0n) is 17.4. The third kappa shape index (κ3) is 4.34. The predicted octanol–water partition coefficient (Wildman–Crippen LogP) is 4.48. The molecule has 1 heterocycles. The molecule has 0 fully saturated rings. The molecule has 2 N–H and O–H groups in total. The Labute approximate surface area is 171 Å². The summed E-state index contributed by atoms with van der Waals surface area (Å²) in [6, 6.07) is 15.7. The lowest BCUT2D eigenvalue weighted by Gasteiger charge is -2.18. The summed E-state index contributed by atoms with van der Waals surface area (Å²) < 4.78 is 8.25. The Bertz CT molecular complexity index is 1040. The highest BCUT2D eigenvalue weighted by Gasteiger charge is 2.26. The van der Waals surface area contributed by atoms with Gasteiger partial charge in [-0.15, -0.1) is 0 Å².